The highest BCUT2D eigenvalue weighted by Crippen LogP contribution is 2.15. The molecule has 122 valence electrons. The van der Waals surface area contributed by atoms with Gasteiger partial charge in [-0.25, -0.2) is 0 Å². The number of amides is 1. The Bertz CT molecular complexity index is 651. The molecule has 4 heteroatoms. The van der Waals surface area contributed by atoms with E-state index >= 15 is 0 Å². The maximum atomic E-state index is 12.5. The maximum absolute atomic E-state index is 12.5. The van der Waals surface area contributed by atoms with Gasteiger partial charge in [0.15, 0.2) is 0 Å². The van der Waals surface area contributed by atoms with Gasteiger partial charge in [-0.2, -0.15) is 0 Å². The van der Waals surface area contributed by atoms with E-state index in [9.17, 15) is 4.79 Å². The fourth-order valence-electron chi connectivity index (χ4n) is 2.45. The van der Waals surface area contributed by atoms with Crippen LogP contribution in [0.15, 0.2) is 48.5 Å². The monoisotopic (exact) mass is 312 g/mol. The van der Waals surface area contributed by atoms with Crippen molar-refractivity contribution in [3.8, 4) is 5.75 Å². The molecule has 0 aromatic heterocycles. The number of hydrogen-bond acceptors (Lipinski definition) is 3. The molecule has 0 atom stereocenters. The van der Waals surface area contributed by atoms with Crippen LogP contribution in [-0.4, -0.2) is 44.0 Å². The number of carbonyl (C=O) groups excluding carboxylic acids is 1. The Hall–Kier alpha value is -2.33. The first kappa shape index (κ1) is 17.0. The lowest BCUT2D eigenvalue weighted by molar-refractivity contribution is 0.0785. The number of methoxy groups -OCH3 is 1. The summed E-state index contributed by atoms with van der Waals surface area (Å²) in [6.45, 7) is 1.42. The fourth-order valence-corrected chi connectivity index (χ4v) is 2.45. The van der Waals surface area contributed by atoms with E-state index in [4.69, 9.17) is 4.74 Å². The second kappa shape index (κ2) is 7.79. The first-order valence-electron chi connectivity index (χ1n) is 7.61. The van der Waals surface area contributed by atoms with Crippen molar-refractivity contribution >= 4 is 5.91 Å². The Labute approximate surface area is 138 Å². The SMILES string of the molecule is COc1cccc(CN(C)C(=O)c2ccc(CN(C)C)cc2)c1. The molecular formula is C19H24N2O2. The molecule has 2 aromatic carbocycles. The van der Waals surface area contributed by atoms with Crippen molar-refractivity contribution in [2.75, 3.05) is 28.3 Å². The minimum atomic E-state index is 0.0178. The number of carbonyl (C=O) groups is 1. The summed E-state index contributed by atoms with van der Waals surface area (Å²) >= 11 is 0. The van der Waals surface area contributed by atoms with Gasteiger partial charge < -0.3 is 14.5 Å². The molecule has 0 unspecified atom stereocenters. The highest BCUT2D eigenvalue weighted by Gasteiger charge is 2.12. The molecule has 2 rings (SSSR count). The van der Waals surface area contributed by atoms with Crippen LogP contribution in [0.1, 0.15) is 21.5 Å². The van der Waals surface area contributed by atoms with E-state index in [1.165, 1.54) is 5.56 Å². The van der Waals surface area contributed by atoms with E-state index in [2.05, 4.69) is 4.90 Å². The van der Waals surface area contributed by atoms with Gasteiger partial charge in [-0.1, -0.05) is 24.3 Å². The lowest BCUT2D eigenvalue weighted by Crippen LogP contribution is -2.26. The van der Waals surface area contributed by atoms with E-state index in [-0.39, 0.29) is 5.91 Å². The Balaban J connectivity index is 2.03. The summed E-state index contributed by atoms with van der Waals surface area (Å²) in [5.74, 6) is 0.820. The molecule has 0 saturated heterocycles. The van der Waals surface area contributed by atoms with Gasteiger partial charge >= 0.3 is 0 Å². The molecule has 4 nitrogen and oxygen atoms in total. The summed E-state index contributed by atoms with van der Waals surface area (Å²) in [6.07, 6.45) is 0. The van der Waals surface area contributed by atoms with Gasteiger partial charge in [0.05, 0.1) is 7.11 Å². The van der Waals surface area contributed by atoms with Crippen LogP contribution in [0.4, 0.5) is 0 Å². The number of nitrogens with zero attached hydrogens (tertiary/aromatic N) is 2. The van der Waals surface area contributed by atoms with Crippen molar-refractivity contribution < 1.29 is 9.53 Å². The average molecular weight is 312 g/mol. The minimum absolute atomic E-state index is 0.0178. The molecule has 0 spiro atoms. The van der Waals surface area contributed by atoms with Crippen molar-refractivity contribution in [2.24, 2.45) is 0 Å². The first-order chi connectivity index (χ1) is 11.0. The topological polar surface area (TPSA) is 32.8 Å². The molecule has 0 bridgehead atoms. The van der Waals surface area contributed by atoms with E-state index in [0.29, 0.717) is 12.1 Å². The zero-order chi connectivity index (χ0) is 16.8. The van der Waals surface area contributed by atoms with Crippen LogP contribution in [0.2, 0.25) is 0 Å². The number of ether oxygens (including phenoxy) is 1. The summed E-state index contributed by atoms with van der Waals surface area (Å²) in [5.41, 5.74) is 2.95. The predicted octanol–water partition coefficient (Wildman–Crippen LogP) is 3.03. The molecule has 23 heavy (non-hydrogen) atoms. The van der Waals surface area contributed by atoms with E-state index in [1.54, 1.807) is 12.0 Å². The van der Waals surface area contributed by atoms with Gasteiger partial charge in [0.25, 0.3) is 5.91 Å². The lowest BCUT2D eigenvalue weighted by Gasteiger charge is -2.18. The number of rotatable bonds is 6. The first-order valence-corrected chi connectivity index (χ1v) is 7.61. The third kappa shape index (κ3) is 4.83. The van der Waals surface area contributed by atoms with Crippen molar-refractivity contribution in [3.63, 3.8) is 0 Å². The van der Waals surface area contributed by atoms with Crippen LogP contribution in [-0.2, 0) is 13.1 Å². The largest absolute Gasteiger partial charge is 0.497 e. The Morgan fingerprint density at radius 3 is 2.26 bits per heavy atom. The van der Waals surface area contributed by atoms with Crippen LogP contribution in [0.25, 0.3) is 0 Å². The molecular weight excluding hydrogens is 288 g/mol. The highest BCUT2D eigenvalue weighted by atomic mass is 16.5. The summed E-state index contributed by atoms with van der Waals surface area (Å²) in [4.78, 5) is 16.3. The Kier molecular flexibility index (Phi) is 5.77. The second-order valence-electron chi connectivity index (χ2n) is 5.95. The third-order valence-electron chi connectivity index (χ3n) is 3.60. The molecule has 1 amide bonds. The van der Waals surface area contributed by atoms with Crippen molar-refractivity contribution in [1.82, 2.24) is 9.80 Å². The van der Waals surface area contributed by atoms with Crippen LogP contribution in [0, 0.1) is 0 Å². The third-order valence-corrected chi connectivity index (χ3v) is 3.60. The maximum Gasteiger partial charge on any atom is 0.253 e. The number of benzene rings is 2. The molecule has 0 fully saturated rings. The van der Waals surface area contributed by atoms with Crippen LogP contribution >= 0.6 is 0 Å². The summed E-state index contributed by atoms with van der Waals surface area (Å²) < 4.78 is 5.22. The fraction of sp³-hybridized carbons (Fsp3) is 0.316. The van der Waals surface area contributed by atoms with Crippen molar-refractivity contribution in [2.45, 2.75) is 13.1 Å². The van der Waals surface area contributed by atoms with Crippen LogP contribution in [0.3, 0.4) is 0 Å². The normalized spacial score (nSPS) is 10.7. The zero-order valence-electron chi connectivity index (χ0n) is 14.2. The van der Waals surface area contributed by atoms with Gasteiger partial charge in [0, 0.05) is 25.7 Å². The quantitative estimate of drug-likeness (QED) is 0.822. The van der Waals surface area contributed by atoms with E-state index < -0.39 is 0 Å². The molecule has 0 N–H and O–H groups in total. The molecule has 0 aliphatic heterocycles. The van der Waals surface area contributed by atoms with Crippen LogP contribution in [0.5, 0.6) is 5.75 Å². The van der Waals surface area contributed by atoms with Gasteiger partial charge in [-0.05, 0) is 49.5 Å². The predicted molar refractivity (Wildman–Crippen MR) is 92.6 cm³/mol. The zero-order valence-corrected chi connectivity index (χ0v) is 14.2. The standard InChI is InChI=1S/C19H24N2O2/c1-20(2)13-15-8-10-17(11-9-15)19(22)21(3)14-16-6-5-7-18(12-16)23-4/h5-12H,13-14H2,1-4H3. The lowest BCUT2D eigenvalue weighted by atomic mass is 10.1. The van der Waals surface area contributed by atoms with Gasteiger partial charge in [-0.3, -0.25) is 4.79 Å². The molecule has 0 aliphatic carbocycles. The molecule has 0 radical (unpaired) electrons. The van der Waals surface area contributed by atoms with Crippen molar-refractivity contribution in [3.05, 3.63) is 65.2 Å². The Morgan fingerprint density at radius 2 is 1.65 bits per heavy atom. The summed E-state index contributed by atoms with van der Waals surface area (Å²) in [7, 11) is 7.51. The highest BCUT2D eigenvalue weighted by molar-refractivity contribution is 5.94. The van der Waals surface area contributed by atoms with Crippen molar-refractivity contribution in [1.29, 1.82) is 0 Å². The van der Waals surface area contributed by atoms with Gasteiger partial charge in [0.2, 0.25) is 0 Å². The summed E-state index contributed by atoms with van der Waals surface area (Å²) in [5, 5.41) is 0. The average Bonchev–Trinajstić information content (AvgIpc) is 2.54. The van der Waals surface area contributed by atoms with Crippen LogP contribution < -0.4 is 4.74 Å². The molecule has 0 heterocycles. The molecule has 0 aliphatic rings. The van der Waals surface area contributed by atoms with Gasteiger partial charge in [-0.15, -0.1) is 0 Å². The van der Waals surface area contributed by atoms with E-state index in [0.717, 1.165) is 17.9 Å². The second-order valence-corrected chi connectivity index (χ2v) is 5.95. The smallest absolute Gasteiger partial charge is 0.253 e. The molecule has 0 saturated carbocycles. The summed E-state index contributed by atoms with van der Waals surface area (Å²) in [6, 6.07) is 15.6. The minimum Gasteiger partial charge on any atom is -0.497 e. The number of hydrogen-bond donors (Lipinski definition) is 0. The van der Waals surface area contributed by atoms with E-state index in [1.807, 2.05) is 69.7 Å². The molecule has 2 aromatic rings. The Morgan fingerprint density at radius 1 is 0.957 bits per heavy atom. The van der Waals surface area contributed by atoms with Gasteiger partial charge in [0.1, 0.15) is 5.75 Å².